The molecule has 0 aliphatic carbocycles. The third-order valence-corrected chi connectivity index (χ3v) is 1.18. The molecule has 4 heteroatoms. The summed E-state index contributed by atoms with van der Waals surface area (Å²) in [7, 11) is 1.12. The van der Waals surface area contributed by atoms with E-state index in [4.69, 9.17) is 0 Å². The molecule has 1 atom stereocenters. The molecule has 3 nitrogen and oxygen atoms in total. The van der Waals surface area contributed by atoms with Crippen LogP contribution in [-0.4, -0.2) is 19.3 Å². The first-order valence-corrected chi connectivity index (χ1v) is 3.00. The highest BCUT2D eigenvalue weighted by Gasteiger charge is 2.20. The molecule has 0 aliphatic heterocycles. The number of methoxy groups -OCH3 is 1. The zero-order chi connectivity index (χ0) is 8.27. The SMILES string of the molecule is COC([18F])C(=O)c1ccco1. The Morgan fingerprint density at radius 3 is 3.00 bits per heavy atom. The topological polar surface area (TPSA) is 39.4 Å². The van der Waals surface area contributed by atoms with Gasteiger partial charge in [-0.05, 0) is 12.1 Å². The van der Waals surface area contributed by atoms with Gasteiger partial charge in [0.25, 0.3) is 12.1 Å². The van der Waals surface area contributed by atoms with Crippen molar-refractivity contribution in [2.24, 2.45) is 0 Å². The average molecular weight is 157 g/mol. The summed E-state index contributed by atoms with van der Waals surface area (Å²) in [5, 5.41) is 0. The highest BCUT2D eigenvalue weighted by molar-refractivity contribution is 5.95. The van der Waals surface area contributed by atoms with E-state index in [1.807, 2.05) is 0 Å². The molecule has 0 saturated heterocycles. The van der Waals surface area contributed by atoms with Crippen LogP contribution in [0.1, 0.15) is 10.6 Å². The average Bonchev–Trinajstić information content (AvgIpc) is 2.53. The standard InChI is InChI=1S/C7H7FO3/c1-10-7(8)6(9)5-3-2-4-11-5/h2-4,7H,1H3/i8-1. The summed E-state index contributed by atoms with van der Waals surface area (Å²) in [5.41, 5.74) is 0. The number of halogens is 1. The Bertz CT molecular complexity index is 230. The van der Waals surface area contributed by atoms with Crippen molar-refractivity contribution >= 4 is 5.78 Å². The Morgan fingerprint density at radius 2 is 2.55 bits per heavy atom. The monoisotopic (exact) mass is 157 g/mol. The molecular weight excluding hydrogens is 150 g/mol. The van der Waals surface area contributed by atoms with Gasteiger partial charge in [-0.2, -0.15) is 0 Å². The third-order valence-electron chi connectivity index (χ3n) is 1.18. The van der Waals surface area contributed by atoms with Gasteiger partial charge >= 0.3 is 0 Å². The number of Topliss-reactive ketones (excluding diaryl/α,β-unsaturated/α-hetero) is 1. The minimum Gasteiger partial charge on any atom is -0.461 e. The molecule has 11 heavy (non-hydrogen) atoms. The van der Waals surface area contributed by atoms with Gasteiger partial charge in [0.15, 0.2) is 5.76 Å². The summed E-state index contributed by atoms with van der Waals surface area (Å²) < 4.78 is 21.3. The van der Waals surface area contributed by atoms with E-state index in [2.05, 4.69) is 9.15 Å². The maximum atomic E-state index is 12.5. The van der Waals surface area contributed by atoms with Gasteiger partial charge in [-0.25, -0.2) is 4.39 Å². The zero-order valence-electron chi connectivity index (χ0n) is 5.91. The van der Waals surface area contributed by atoms with E-state index in [0.717, 1.165) is 7.11 Å². The van der Waals surface area contributed by atoms with E-state index >= 15 is 0 Å². The van der Waals surface area contributed by atoms with Crippen LogP contribution in [-0.2, 0) is 4.74 Å². The fourth-order valence-corrected chi connectivity index (χ4v) is 0.638. The van der Waals surface area contributed by atoms with E-state index < -0.39 is 12.1 Å². The largest absolute Gasteiger partial charge is 0.461 e. The molecule has 1 unspecified atom stereocenters. The Balaban J connectivity index is 2.70. The van der Waals surface area contributed by atoms with Crippen molar-refractivity contribution in [3.8, 4) is 0 Å². The van der Waals surface area contributed by atoms with Crippen molar-refractivity contribution in [2.45, 2.75) is 6.36 Å². The van der Waals surface area contributed by atoms with Gasteiger partial charge in [0, 0.05) is 7.11 Å². The minimum atomic E-state index is -1.93. The summed E-state index contributed by atoms with van der Waals surface area (Å²) in [6.07, 6.45) is -0.628. The number of ether oxygens (including phenoxy) is 1. The lowest BCUT2D eigenvalue weighted by Gasteiger charge is -2.00. The zero-order valence-corrected chi connectivity index (χ0v) is 5.91. The molecule has 0 spiro atoms. The van der Waals surface area contributed by atoms with Gasteiger partial charge in [0.1, 0.15) is 0 Å². The molecule has 60 valence electrons. The normalized spacial score (nSPS) is 12.9. The van der Waals surface area contributed by atoms with Crippen molar-refractivity contribution in [1.82, 2.24) is 0 Å². The van der Waals surface area contributed by atoms with Gasteiger partial charge in [0.05, 0.1) is 6.26 Å². The molecule has 0 amide bonds. The second-order valence-corrected chi connectivity index (χ2v) is 1.89. The first kappa shape index (κ1) is 7.94. The maximum Gasteiger partial charge on any atom is 0.266 e. The summed E-state index contributed by atoms with van der Waals surface area (Å²) in [5.74, 6) is -0.822. The van der Waals surface area contributed by atoms with Crippen LogP contribution >= 0.6 is 0 Å². The fraction of sp³-hybridized carbons (Fsp3) is 0.286. The molecule has 0 saturated carbocycles. The van der Waals surface area contributed by atoms with Crippen LogP contribution in [0.15, 0.2) is 22.8 Å². The second-order valence-electron chi connectivity index (χ2n) is 1.89. The predicted molar refractivity (Wildman–Crippen MR) is 34.9 cm³/mol. The summed E-state index contributed by atoms with van der Waals surface area (Å²) in [6, 6.07) is 2.89. The Hall–Kier alpha value is -1.16. The first-order chi connectivity index (χ1) is 5.25. The lowest BCUT2D eigenvalue weighted by molar-refractivity contribution is 0.00342. The molecule has 0 fully saturated rings. The van der Waals surface area contributed by atoms with Crippen LogP contribution in [0.5, 0.6) is 0 Å². The van der Waals surface area contributed by atoms with Crippen molar-refractivity contribution in [3.63, 3.8) is 0 Å². The molecule has 0 N–H and O–H groups in total. The quantitative estimate of drug-likeness (QED) is 0.622. The van der Waals surface area contributed by atoms with Crippen molar-refractivity contribution in [2.75, 3.05) is 7.11 Å². The molecule has 1 heterocycles. The summed E-state index contributed by atoms with van der Waals surface area (Å²) in [4.78, 5) is 10.8. The lowest BCUT2D eigenvalue weighted by Crippen LogP contribution is -2.16. The van der Waals surface area contributed by atoms with Gasteiger partial charge < -0.3 is 9.15 Å². The van der Waals surface area contributed by atoms with Crippen LogP contribution in [0.3, 0.4) is 0 Å². The molecule has 0 radical (unpaired) electrons. The van der Waals surface area contributed by atoms with Crippen LogP contribution < -0.4 is 0 Å². The number of hydrogen-bond acceptors (Lipinski definition) is 3. The molecule has 1 aromatic heterocycles. The third kappa shape index (κ3) is 1.65. The Labute approximate surface area is 62.8 Å². The Kier molecular flexibility index (Phi) is 2.38. The highest BCUT2D eigenvalue weighted by Crippen LogP contribution is 2.06. The van der Waals surface area contributed by atoms with Crippen LogP contribution in [0, 0.1) is 0 Å². The second kappa shape index (κ2) is 3.30. The summed E-state index contributed by atoms with van der Waals surface area (Å²) in [6.45, 7) is 0. The smallest absolute Gasteiger partial charge is 0.266 e. The first-order valence-electron chi connectivity index (χ1n) is 3.00. The van der Waals surface area contributed by atoms with Crippen LogP contribution in [0.25, 0.3) is 0 Å². The highest BCUT2D eigenvalue weighted by atomic mass is 18.2. The number of carbonyl (C=O) groups excluding carboxylic acids is 1. The van der Waals surface area contributed by atoms with E-state index in [9.17, 15) is 9.18 Å². The van der Waals surface area contributed by atoms with Gasteiger partial charge in [-0.15, -0.1) is 0 Å². The number of alkyl halides is 1. The van der Waals surface area contributed by atoms with E-state index in [-0.39, 0.29) is 5.76 Å². The minimum absolute atomic E-state index is 0.0284. The van der Waals surface area contributed by atoms with Gasteiger partial charge in [-0.3, -0.25) is 4.79 Å². The fourth-order valence-electron chi connectivity index (χ4n) is 0.638. The molecule has 0 aliphatic rings. The molecule has 0 bridgehead atoms. The lowest BCUT2D eigenvalue weighted by atomic mass is 10.3. The predicted octanol–water partition coefficient (Wildman–Crippen LogP) is 1.40. The molecule has 0 aromatic carbocycles. The van der Waals surface area contributed by atoms with Crippen molar-refractivity contribution in [1.29, 1.82) is 0 Å². The van der Waals surface area contributed by atoms with Crippen LogP contribution in [0.4, 0.5) is 4.39 Å². The van der Waals surface area contributed by atoms with Gasteiger partial charge in [0.2, 0.25) is 0 Å². The molecule has 1 aromatic rings. The number of furan rings is 1. The molecule has 1 rings (SSSR count). The van der Waals surface area contributed by atoms with Crippen molar-refractivity contribution in [3.05, 3.63) is 24.2 Å². The summed E-state index contributed by atoms with van der Waals surface area (Å²) >= 11 is 0. The number of hydrogen-bond donors (Lipinski definition) is 0. The van der Waals surface area contributed by atoms with E-state index in [1.165, 1.54) is 18.4 Å². The Morgan fingerprint density at radius 1 is 1.82 bits per heavy atom. The van der Waals surface area contributed by atoms with Crippen molar-refractivity contribution < 1.29 is 18.3 Å². The van der Waals surface area contributed by atoms with Crippen LogP contribution in [0.2, 0.25) is 0 Å². The maximum absolute atomic E-state index is 12.5. The number of carbonyl (C=O) groups is 1. The number of ketones is 1. The van der Waals surface area contributed by atoms with E-state index in [1.54, 1.807) is 0 Å². The van der Waals surface area contributed by atoms with E-state index in [0.29, 0.717) is 0 Å². The van der Waals surface area contributed by atoms with Gasteiger partial charge in [-0.1, -0.05) is 0 Å². The molecular formula is C7H7FO3. The number of rotatable bonds is 3.